The number of nitrogens with one attached hydrogen (secondary N) is 2. The van der Waals surface area contributed by atoms with E-state index in [1.807, 2.05) is 13.8 Å². The van der Waals surface area contributed by atoms with Crippen LogP contribution in [0.1, 0.15) is 29.8 Å². The molecule has 0 bridgehead atoms. The predicted molar refractivity (Wildman–Crippen MR) is 131 cm³/mol. The van der Waals surface area contributed by atoms with Crippen molar-refractivity contribution < 1.29 is 28.6 Å². The maximum atomic E-state index is 12.7. The fourth-order valence-corrected chi connectivity index (χ4v) is 3.45. The molecule has 1 unspecified atom stereocenters. The van der Waals surface area contributed by atoms with Crippen LogP contribution in [0.15, 0.2) is 46.0 Å². The Kier molecular flexibility index (Phi) is 10.3. The van der Waals surface area contributed by atoms with E-state index in [-0.39, 0.29) is 12.5 Å². The van der Waals surface area contributed by atoms with Crippen LogP contribution >= 0.6 is 27.5 Å². The summed E-state index contributed by atoms with van der Waals surface area (Å²) in [4.78, 5) is 36.5. The van der Waals surface area contributed by atoms with Crippen LogP contribution in [-0.4, -0.2) is 50.9 Å². The van der Waals surface area contributed by atoms with Crippen molar-refractivity contribution in [2.45, 2.75) is 19.9 Å². The summed E-state index contributed by atoms with van der Waals surface area (Å²) in [6, 6.07) is 8.84. The van der Waals surface area contributed by atoms with Gasteiger partial charge >= 0.3 is 5.97 Å². The standard InChI is InChI=1S/C23H25BrClN3O6/c1-13(2)20(27-22(30)15-5-7-16(25)8-6-15)23(31)28-26-11-14-9-17(24)21(18(10-14)32-3)34-12-19(29)33-4/h5-11,13,20H,12H2,1-4H3,(H,27,30)(H,28,31)/b26-11+. The lowest BCUT2D eigenvalue weighted by Gasteiger charge is -2.20. The Bertz CT molecular complexity index is 1060. The highest BCUT2D eigenvalue weighted by Crippen LogP contribution is 2.36. The normalized spacial score (nSPS) is 11.7. The highest BCUT2D eigenvalue weighted by molar-refractivity contribution is 9.10. The van der Waals surface area contributed by atoms with Gasteiger partial charge in [0.2, 0.25) is 0 Å². The maximum absolute atomic E-state index is 12.7. The molecule has 2 aromatic rings. The first kappa shape index (κ1) is 27.1. The van der Waals surface area contributed by atoms with Crippen molar-refractivity contribution in [1.82, 2.24) is 10.7 Å². The van der Waals surface area contributed by atoms with Gasteiger partial charge in [-0.05, 0) is 63.8 Å². The van der Waals surface area contributed by atoms with E-state index in [1.165, 1.54) is 20.4 Å². The van der Waals surface area contributed by atoms with Crippen LogP contribution in [0.3, 0.4) is 0 Å². The minimum Gasteiger partial charge on any atom is -0.493 e. The van der Waals surface area contributed by atoms with Crippen molar-refractivity contribution in [3.63, 3.8) is 0 Å². The average molecular weight is 555 g/mol. The molecule has 0 fully saturated rings. The summed E-state index contributed by atoms with van der Waals surface area (Å²) in [5.41, 5.74) is 3.41. The largest absolute Gasteiger partial charge is 0.493 e. The van der Waals surface area contributed by atoms with Gasteiger partial charge in [-0.1, -0.05) is 25.4 Å². The number of hydrogen-bond acceptors (Lipinski definition) is 7. The molecule has 34 heavy (non-hydrogen) atoms. The van der Waals surface area contributed by atoms with Crippen molar-refractivity contribution in [1.29, 1.82) is 0 Å². The average Bonchev–Trinajstić information content (AvgIpc) is 2.81. The highest BCUT2D eigenvalue weighted by Gasteiger charge is 2.24. The number of halogens is 2. The zero-order chi connectivity index (χ0) is 25.3. The van der Waals surface area contributed by atoms with Crippen LogP contribution in [0.5, 0.6) is 11.5 Å². The van der Waals surface area contributed by atoms with Crippen molar-refractivity contribution in [2.24, 2.45) is 11.0 Å². The second-order valence-corrected chi connectivity index (χ2v) is 8.63. The third-order valence-electron chi connectivity index (χ3n) is 4.54. The van der Waals surface area contributed by atoms with E-state index in [0.29, 0.717) is 32.1 Å². The van der Waals surface area contributed by atoms with Crippen molar-refractivity contribution in [2.75, 3.05) is 20.8 Å². The molecule has 0 aromatic heterocycles. The topological polar surface area (TPSA) is 115 Å². The molecule has 0 spiro atoms. The number of benzene rings is 2. The number of carbonyl (C=O) groups excluding carboxylic acids is 3. The molecule has 9 nitrogen and oxygen atoms in total. The van der Waals surface area contributed by atoms with Crippen LogP contribution in [-0.2, 0) is 14.3 Å². The Labute approximate surface area is 210 Å². The number of carbonyl (C=O) groups is 3. The van der Waals surface area contributed by atoms with Gasteiger partial charge in [0.05, 0.1) is 24.9 Å². The molecular formula is C23H25BrClN3O6. The van der Waals surface area contributed by atoms with Gasteiger partial charge in [0, 0.05) is 10.6 Å². The van der Waals surface area contributed by atoms with Gasteiger partial charge in [-0.3, -0.25) is 9.59 Å². The number of rotatable bonds is 10. The third kappa shape index (κ3) is 7.74. The lowest BCUT2D eigenvalue weighted by atomic mass is 10.0. The number of nitrogens with zero attached hydrogens (tertiary/aromatic N) is 1. The van der Waals surface area contributed by atoms with Crippen LogP contribution in [0.25, 0.3) is 0 Å². The van der Waals surface area contributed by atoms with E-state index in [2.05, 4.69) is 36.5 Å². The summed E-state index contributed by atoms with van der Waals surface area (Å²) < 4.78 is 15.8. The Morgan fingerprint density at radius 1 is 1.15 bits per heavy atom. The van der Waals surface area contributed by atoms with Crippen LogP contribution in [0.2, 0.25) is 5.02 Å². The second-order valence-electron chi connectivity index (χ2n) is 7.34. The van der Waals surface area contributed by atoms with Gasteiger partial charge in [-0.2, -0.15) is 5.10 Å². The molecule has 0 aliphatic rings. The number of methoxy groups -OCH3 is 2. The first-order valence-electron chi connectivity index (χ1n) is 10.1. The summed E-state index contributed by atoms with van der Waals surface area (Å²) in [7, 11) is 2.71. The van der Waals surface area contributed by atoms with Gasteiger partial charge in [0.15, 0.2) is 18.1 Å². The summed E-state index contributed by atoms with van der Waals surface area (Å²) >= 11 is 9.22. The Balaban J connectivity index is 2.07. The van der Waals surface area contributed by atoms with Crippen molar-refractivity contribution in [3.05, 3.63) is 57.0 Å². The number of hydrogen-bond donors (Lipinski definition) is 2. The Morgan fingerprint density at radius 3 is 2.41 bits per heavy atom. The van der Waals surface area contributed by atoms with Crippen LogP contribution in [0, 0.1) is 5.92 Å². The summed E-state index contributed by atoms with van der Waals surface area (Å²) in [5, 5.41) is 7.21. The lowest BCUT2D eigenvalue weighted by molar-refractivity contribution is -0.143. The number of amides is 2. The van der Waals surface area contributed by atoms with Gasteiger partial charge in [-0.25, -0.2) is 10.2 Å². The van der Waals surface area contributed by atoms with E-state index < -0.39 is 23.8 Å². The SMILES string of the molecule is COC(=O)COc1c(Br)cc(/C=N/NC(=O)C(NC(=O)c2ccc(Cl)cc2)C(C)C)cc1OC. The molecule has 2 aromatic carbocycles. The fourth-order valence-electron chi connectivity index (χ4n) is 2.75. The van der Waals surface area contributed by atoms with Crippen molar-refractivity contribution in [3.8, 4) is 11.5 Å². The zero-order valence-corrected chi connectivity index (χ0v) is 21.4. The van der Waals surface area contributed by atoms with Crippen LogP contribution < -0.4 is 20.2 Å². The molecule has 0 radical (unpaired) electrons. The third-order valence-corrected chi connectivity index (χ3v) is 5.39. The van der Waals surface area contributed by atoms with E-state index in [0.717, 1.165) is 0 Å². The van der Waals surface area contributed by atoms with E-state index in [9.17, 15) is 14.4 Å². The maximum Gasteiger partial charge on any atom is 0.343 e. The molecule has 0 heterocycles. The first-order chi connectivity index (χ1) is 16.2. The summed E-state index contributed by atoms with van der Waals surface area (Å²) in [6.07, 6.45) is 1.41. The van der Waals surface area contributed by atoms with Gasteiger partial charge in [0.25, 0.3) is 11.8 Å². The highest BCUT2D eigenvalue weighted by atomic mass is 79.9. The van der Waals surface area contributed by atoms with E-state index in [1.54, 1.807) is 36.4 Å². The molecular weight excluding hydrogens is 530 g/mol. The number of hydrazone groups is 1. The molecule has 11 heteroatoms. The fraction of sp³-hybridized carbons (Fsp3) is 0.304. The Morgan fingerprint density at radius 2 is 1.82 bits per heavy atom. The summed E-state index contributed by atoms with van der Waals surface area (Å²) in [6.45, 7) is 3.34. The smallest absolute Gasteiger partial charge is 0.343 e. The molecule has 182 valence electrons. The van der Waals surface area contributed by atoms with E-state index >= 15 is 0 Å². The minimum atomic E-state index is -0.810. The van der Waals surface area contributed by atoms with E-state index in [4.69, 9.17) is 21.1 Å². The number of ether oxygens (including phenoxy) is 3. The lowest BCUT2D eigenvalue weighted by Crippen LogP contribution is -2.48. The second kappa shape index (κ2) is 13.0. The monoisotopic (exact) mass is 553 g/mol. The van der Waals surface area contributed by atoms with Crippen molar-refractivity contribution >= 4 is 51.5 Å². The molecule has 2 amide bonds. The molecule has 0 saturated heterocycles. The van der Waals surface area contributed by atoms with Crippen LogP contribution in [0.4, 0.5) is 0 Å². The molecule has 2 N–H and O–H groups in total. The predicted octanol–water partition coefficient (Wildman–Crippen LogP) is 3.57. The first-order valence-corrected chi connectivity index (χ1v) is 11.3. The zero-order valence-electron chi connectivity index (χ0n) is 19.1. The minimum absolute atomic E-state index is 0.188. The van der Waals surface area contributed by atoms with Gasteiger partial charge in [0.1, 0.15) is 6.04 Å². The molecule has 2 rings (SSSR count). The molecule has 1 atom stereocenters. The summed E-state index contributed by atoms with van der Waals surface area (Å²) in [5.74, 6) is -0.930. The number of esters is 1. The molecule has 0 saturated carbocycles. The Hall–Kier alpha value is -3.11. The van der Waals surface area contributed by atoms with Gasteiger partial charge in [-0.15, -0.1) is 0 Å². The molecule has 0 aliphatic heterocycles. The quantitative estimate of drug-likeness (QED) is 0.264. The molecule has 0 aliphatic carbocycles. The van der Waals surface area contributed by atoms with Gasteiger partial charge < -0.3 is 19.5 Å².